The van der Waals surface area contributed by atoms with E-state index in [1.54, 1.807) is 24.3 Å². The summed E-state index contributed by atoms with van der Waals surface area (Å²) in [5.41, 5.74) is 1.04. The zero-order valence-corrected chi connectivity index (χ0v) is 13.7. The van der Waals surface area contributed by atoms with Crippen LogP contribution in [0.1, 0.15) is 31.2 Å². The third-order valence-electron chi connectivity index (χ3n) is 4.56. The van der Waals surface area contributed by atoms with E-state index in [2.05, 4.69) is 15.0 Å². The molecule has 2 N–H and O–H groups in total. The van der Waals surface area contributed by atoms with E-state index in [0.717, 1.165) is 5.56 Å². The standard InChI is InChI=1S/C16H23N3O2S/c1-12-6-8-14(9-7-12)22(20,21)19-16-11-17-15(10-18-16)13-4-2-3-5-13/h6-9,13,15,17H,2-5,10-11H2,1H3,(H,18,19). The van der Waals surface area contributed by atoms with Crippen LogP contribution in [0.2, 0.25) is 0 Å². The summed E-state index contributed by atoms with van der Waals surface area (Å²) in [6.45, 7) is 3.09. The van der Waals surface area contributed by atoms with Gasteiger partial charge in [-0.05, 0) is 37.8 Å². The van der Waals surface area contributed by atoms with Crippen LogP contribution >= 0.6 is 0 Å². The topological polar surface area (TPSA) is 70.6 Å². The van der Waals surface area contributed by atoms with Gasteiger partial charge in [-0.25, -0.2) is 8.42 Å². The first-order chi connectivity index (χ1) is 10.5. The molecule has 2 aliphatic rings. The van der Waals surface area contributed by atoms with Gasteiger partial charge in [-0.15, -0.1) is 0 Å². The number of nitrogens with zero attached hydrogens (tertiary/aromatic N) is 1. The van der Waals surface area contributed by atoms with E-state index in [0.29, 0.717) is 30.9 Å². The molecule has 0 amide bonds. The molecule has 6 heteroatoms. The Labute approximate surface area is 132 Å². The molecule has 1 aliphatic heterocycles. The number of aryl methyl sites for hydroxylation is 1. The van der Waals surface area contributed by atoms with Gasteiger partial charge in [0.25, 0.3) is 10.0 Å². The Balaban J connectivity index is 1.64. The van der Waals surface area contributed by atoms with Crippen LogP contribution in [0.15, 0.2) is 34.2 Å². The van der Waals surface area contributed by atoms with Crippen LogP contribution in [0.4, 0.5) is 0 Å². The molecule has 0 spiro atoms. The van der Waals surface area contributed by atoms with Crippen molar-refractivity contribution >= 4 is 15.9 Å². The minimum Gasteiger partial charge on any atom is -0.305 e. The van der Waals surface area contributed by atoms with Crippen LogP contribution in [0.5, 0.6) is 0 Å². The highest BCUT2D eigenvalue weighted by molar-refractivity contribution is 7.90. The van der Waals surface area contributed by atoms with Gasteiger partial charge < -0.3 is 5.32 Å². The van der Waals surface area contributed by atoms with Gasteiger partial charge in [0.1, 0.15) is 5.84 Å². The van der Waals surface area contributed by atoms with Crippen molar-refractivity contribution in [3.63, 3.8) is 0 Å². The molecule has 1 aliphatic carbocycles. The third-order valence-corrected chi connectivity index (χ3v) is 5.96. The lowest BCUT2D eigenvalue weighted by Gasteiger charge is -2.27. The fourth-order valence-electron chi connectivity index (χ4n) is 3.23. The van der Waals surface area contributed by atoms with Gasteiger partial charge in [-0.2, -0.15) is 0 Å². The predicted octanol–water partition coefficient (Wildman–Crippen LogP) is 1.83. The first kappa shape index (κ1) is 15.5. The molecule has 1 saturated carbocycles. The van der Waals surface area contributed by atoms with E-state index >= 15 is 0 Å². The molecule has 1 fully saturated rings. The van der Waals surface area contributed by atoms with Crippen LogP contribution < -0.4 is 10.0 Å². The Morgan fingerprint density at radius 1 is 1.18 bits per heavy atom. The molecular weight excluding hydrogens is 298 g/mol. The van der Waals surface area contributed by atoms with Gasteiger partial charge in [0, 0.05) is 6.04 Å². The largest absolute Gasteiger partial charge is 0.305 e. The molecule has 0 radical (unpaired) electrons. The lowest BCUT2D eigenvalue weighted by atomic mass is 9.97. The number of benzene rings is 1. The Kier molecular flexibility index (Phi) is 4.49. The van der Waals surface area contributed by atoms with E-state index in [1.165, 1.54) is 25.7 Å². The number of sulfonamides is 1. The number of hydrogen-bond acceptors (Lipinski definition) is 4. The molecule has 1 aromatic rings. The van der Waals surface area contributed by atoms with E-state index in [4.69, 9.17) is 0 Å². The van der Waals surface area contributed by atoms with Crippen molar-refractivity contribution in [2.75, 3.05) is 13.1 Å². The van der Waals surface area contributed by atoms with E-state index in [9.17, 15) is 8.42 Å². The summed E-state index contributed by atoms with van der Waals surface area (Å²) in [7, 11) is -3.53. The molecule has 3 rings (SSSR count). The van der Waals surface area contributed by atoms with E-state index in [-0.39, 0.29) is 4.90 Å². The third kappa shape index (κ3) is 3.50. The number of rotatable bonds is 3. The average Bonchev–Trinajstić information content (AvgIpc) is 3.02. The van der Waals surface area contributed by atoms with Crippen molar-refractivity contribution in [1.82, 2.24) is 10.0 Å². The summed E-state index contributed by atoms with van der Waals surface area (Å²) in [6.07, 6.45) is 5.13. The Bertz CT molecular complexity index is 646. The second-order valence-electron chi connectivity index (χ2n) is 6.24. The Morgan fingerprint density at radius 3 is 2.45 bits per heavy atom. The van der Waals surface area contributed by atoms with Crippen molar-refractivity contribution in [2.24, 2.45) is 10.9 Å². The minimum absolute atomic E-state index is 0.277. The van der Waals surface area contributed by atoms with E-state index in [1.807, 2.05) is 6.92 Å². The monoisotopic (exact) mass is 321 g/mol. The normalized spacial score (nSPS) is 23.3. The Hall–Kier alpha value is -1.40. The zero-order valence-electron chi connectivity index (χ0n) is 12.9. The van der Waals surface area contributed by atoms with Crippen molar-refractivity contribution in [3.8, 4) is 0 Å². The maximum atomic E-state index is 12.3. The van der Waals surface area contributed by atoms with Gasteiger partial charge >= 0.3 is 0 Å². The molecule has 1 heterocycles. The summed E-state index contributed by atoms with van der Waals surface area (Å²) >= 11 is 0. The molecule has 0 saturated heterocycles. The molecule has 5 nitrogen and oxygen atoms in total. The van der Waals surface area contributed by atoms with Gasteiger partial charge in [-0.3, -0.25) is 9.71 Å². The number of amidine groups is 1. The number of aliphatic imine (C=N–C) groups is 1. The minimum atomic E-state index is -3.53. The molecule has 120 valence electrons. The highest BCUT2D eigenvalue weighted by Crippen LogP contribution is 2.28. The highest BCUT2D eigenvalue weighted by Gasteiger charge is 2.27. The first-order valence-corrected chi connectivity index (χ1v) is 9.39. The number of hydrogen-bond donors (Lipinski definition) is 2. The van der Waals surface area contributed by atoms with Crippen molar-refractivity contribution in [2.45, 2.75) is 43.5 Å². The molecular formula is C16H23N3O2S. The van der Waals surface area contributed by atoms with Crippen LogP contribution in [-0.4, -0.2) is 33.4 Å². The van der Waals surface area contributed by atoms with Crippen LogP contribution in [0.25, 0.3) is 0 Å². The van der Waals surface area contributed by atoms with Gasteiger partial charge in [0.05, 0.1) is 18.0 Å². The van der Waals surface area contributed by atoms with E-state index < -0.39 is 10.0 Å². The molecule has 1 aromatic carbocycles. The maximum Gasteiger partial charge on any atom is 0.262 e. The molecule has 1 atom stereocenters. The fraction of sp³-hybridized carbons (Fsp3) is 0.562. The SMILES string of the molecule is Cc1ccc(S(=O)(=O)NC2=NCC(C3CCCC3)NC2)cc1. The first-order valence-electron chi connectivity index (χ1n) is 7.91. The van der Waals surface area contributed by atoms with Crippen molar-refractivity contribution < 1.29 is 8.42 Å². The van der Waals surface area contributed by atoms with Crippen molar-refractivity contribution in [3.05, 3.63) is 29.8 Å². The molecule has 0 bridgehead atoms. The maximum absolute atomic E-state index is 12.3. The summed E-state index contributed by atoms with van der Waals surface area (Å²) in [6, 6.07) is 7.23. The van der Waals surface area contributed by atoms with Crippen LogP contribution in [0, 0.1) is 12.8 Å². The zero-order chi connectivity index (χ0) is 15.6. The molecule has 0 aromatic heterocycles. The van der Waals surface area contributed by atoms with Crippen LogP contribution in [-0.2, 0) is 10.0 Å². The lowest BCUT2D eigenvalue weighted by molar-refractivity contribution is 0.370. The second-order valence-corrected chi connectivity index (χ2v) is 7.92. The molecule has 1 unspecified atom stereocenters. The van der Waals surface area contributed by atoms with Gasteiger partial charge in [0.15, 0.2) is 0 Å². The fourth-order valence-corrected chi connectivity index (χ4v) is 4.29. The lowest BCUT2D eigenvalue weighted by Crippen LogP contribution is -2.49. The summed E-state index contributed by atoms with van der Waals surface area (Å²) < 4.78 is 27.3. The van der Waals surface area contributed by atoms with Gasteiger partial charge in [-0.1, -0.05) is 30.5 Å². The van der Waals surface area contributed by atoms with Crippen LogP contribution in [0.3, 0.4) is 0 Å². The molecule has 22 heavy (non-hydrogen) atoms. The Morgan fingerprint density at radius 2 is 1.86 bits per heavy atom. The summed E-state index contributed by atoms with van der Waals surface area (Å²) in [5.74, 6) is 1.20. The predicted molar refractivity (Wildman–Crippen MR) is 87.6 cm³/mol. The van der Waals surface area contributed by atoms with Gasteiger partial charge in [0.2, 0.25) is 0 Å². The second kappa shape index (κ2) is 6.38. The highest BCUT2D eigenvalue weighted by atomic mass is 32.2. The smallest absolute Gasteiger partial charge is 0.262 e. The number of nitrogens with one attached hydrogen (secondary N) is 2. The quantitative estimate of drug-likeness (QED) is 0.892. The van der Waals surface area contributed by atoms with Crippen molar-refractivity contribution in [1.29, 1.82) is 0 Å². The summed E-state index contributed by atoms with van der Waals surface area (Å²) in [5, 5.41) is 3.44. The summed E-state index contributed by atoms with van der Waals surface area (Å²) in [4.78, 5) is 4.72. The average molecular weight is 321 g/mol.